The molecule has 1 N–H and O–H groups in total. The highest BCUT2D eigenvalue weighted by molar-refractivity contribution is 7.99. The van der Waals surface area contributed by atoms with Crippen molar-refractivity contribution >= 4 is 35.2 Å². The number of rotatable bonds is 7. The fourth-order valence-electron chi connectivity index (χ4n) is 3.47. The van der Waals surface area contributed by atoms with Crippen LogP contribution in [0.2, 0.25) is 0 Å². The van der Waals surface area contributed by atoms with Crippen LogP contribution in [-0.2, 0) is 10.5 Å². The summed E-state index contributed by atoms with van der Waals surface area (Å²) < 4.78 is 0. The van der Waals surface area contributed by atoms with E-state index in [4.69, 9.17) is 0 Å². The van der Waals surface area contributed by atoms with Gasteiger partial charge < -0.3 is 15.1 Å². The highest BCUT2D eigenvalue weighted by Crippen LogP contribution is 2.17. The van der Waals surface area contributed by atoms with E-state index >= 15 is 0 Å². The Labute approximate surface area is 191 Å². The summed E-state index contributed by atoms with van der Waals surface area (Å²) >= 11 is 1.55. The fourth-order valence-corrected chi connectivity index (χ4v) is 4.26. The molecule has 1 fully saturated rings. The van der Waals surface area contributed by atoms with Crippen LogP contribution in [0.4, 0.5) is 11.6 Å². The van der Waals surface area contributed by atoms with Crippen molar-refractivity contribution in [3.8, 4) is 0 Å². The Kier molecular flexibility index (Phi) is 7.34. The third kappa shape index (κ3) is 5.85. The molecule has 1 aromatic heterocycles. The maximum absolute atomic E-state index is 12.8. The molecule has 32 heavy (non-hydrogen) atoms. The first kappa shape index (κ1) is 21.8. The van der Waals surface area contributed by atoms with Gasteiger partial charge in [-0.3, -0.25) is 9.59 Å². The molecule has 2 aromatic carbocycles. The molecule has 3 aromatic rings. The SMILES string of the molecule is O=C(CSCc1ccc(C(=O)N2CCN(c3ncccn3)CC2)cc1)Nc1ccccc1. The number of thioether (sulfide) groups is 1. The number of anilines is 2. The summed E-state index contributed by atoms with van der Waals surface area (Å²) in [5, 5.41) is 2.88. The summed E-state index contributed by atoms with van der Waals surface area (Å²) in [4.78, 5) is 37.4. The summed E-state index contributed by atoms with van der Waals surface area (Å²) in [7, 11) is 0. The van der Waals surface area contributed by atoms with Crippen molar-refractivity contribution in [2.24, 2.45) is 0 Å². The molecule has 8 heteroatoms. The van der Waals surface area contributed by atoms with Gasteiger partial charge >= 0.3 is 0 Å². The molecule has 2 amide bonds. The van der Waals surface area contributed by atoms with E-state index in [2.05, 4.69) is 20.2 Å². The number of nitrogens with zero attached hydrogens (tertiary/aromatic N) is 4. The molecule has 1 aliphatic heterocycles. The lowest BCUT2D eigenvalue weighted by molar-refractivity contribution is -0.113. The Hall–Kier alpha value is -3.39. The lowest BCUT2D eigenvalue weighted by Crippen LogP contribution is -2.49. The van der Waals surface area contributed by atoms with E-state index in [0.29, 0.717) is 36.1 Å². The molecule has 7 nitrogen and oxygen atoms in total. The number of hydrogen-bond acceptors (Lipinski definition) is 6. The molecule has 0 unspecified atom stereocenters. The number of aromatic nitrogens is 2. The molecule has 0 aliphatic carbocycles. The standard InChI is InChI=1S/C24H25N5O2S/c30-22(27-21-5-2-1-3-6-21)18-32-17-19-7-9-20(10-8-19)23(31)28-13-15-29(16-14-28)24-25-11-4-12-26-24/h1-12H,13-18H2,(H,27,30). The largest absolute Gasteiger partial charge is 0.337 e. The Morgan fingerprint density at radius 1 is 0.875 bits per heavy atom. The molecule has 2 heterocycles. The molecule has 0 atom stereocenters. The minimum atomic E-state index is -0.0203. The minimum Gasteiger partial charge on any atom is -0.337 e. The molecule has 0 spiro atoms. The quantitative estimate of drug-likeness (QED) is 0.599. The van der Waals surface area contributed by atoms with Crippen LogP contribution in [0.25, 0.3) is 0 Å². The average Bonchev–Trinajstić information content (AvgIpc) is 2.85. The Morgan fingerprint density at radius 3 is 2.25 bits per heavy atom. The smallest absolute Gasteiger partial charge is 0.253 e. The van der Waals surface area contributed by atoms with Crippen molar-refractivity contribution < 1.29 is 9.59 Å². The fraction of sp³-hybridized carbons (Fsp3) is 0.250. The van der Waals surface area contributed by atoms with Gasteiger partial charge in [0.2, 0.25) is 11.9 Å². The average molecular weight is 448 g/mol. The number of benzene rings is 2. The van der Waals surface area contributed by atoms with Gasteiger partial charge in [0, 0.05) is 55.6 Å². The van der Waals surface area contributed by atoms with Gasteiger partial charge in [-0.2, -0.15) is 0 Å². The van der Waals surface area contributed by atoms with E-state index in [1.54, 1.807) is 30.2 Å². The monoisotopic (exact) mass is 447 g/mol. The van der Waals surface area contributed by atoms with Crippen molar-refractivity contribution in [1.82, 2.24) is 14.9 Å². The topological polar surface area (TPSA) is 78.4 Å². The van der Waals surface area contributed by atoms with Crippen LogP contribution in [-0.4, -0.2) is 58.6 Å². The van der Waals surface area contributed by atoms with Crippen LogP contribution >= 0.6 is 11.8 Å². The zero-order valence-electron chi connectivity index (χ0n) is 17.7. The van der Waals surface area contributed by atoms with Gasteiger partial charge in [-0.1, -0.05) is 30.3 Å². The molecule has 0 bridgehead atoms. The van der Waals surface area contributed by atoms with Gasteiger partial charge in [0.1, 0.15) is 0 Å². The van der Waals surface area contributed by atoms with Gasteiger partial charge in [-0.15, -0.1) is 11.8 Å². The molecule has 1 aliphatic rings. The number of hydrogen-bond donors (Lipinski definition) is 1. The maximum Gasteiger partial charge on any atom is 0.253 e. The number of para-hydroxylation sites is 1. The Balaban J connectivity index is 1.22. The lowest BCUT2D eigenvalue weighted by atomic mass is 10.1. The predicted octanol–water partition coefficient (Wildman–Crippen LogP) is 3.31. The van der Waals surface area contributed by atoms with Crippen molar-refractivity contribution in [2.75, 3.05) is 42.1 Å². The Bertz CT molecular complexity index is 1020. The maximum atomic E-state index is 12.8. The highest BCUT2D eigenvalue weighted by atomic mass is 32.2. The van der Waals surface area contributed by atoms with Crippen LogP contribution in [0.1, 0.15) is 15.9 Å². The number of carbonyl (C=O) groups is 2. The number of piperazine rings is 1. The third-order valence-electron chi connectivity index (χ3n) is 5.16. The van der Waals surface area contributed by atoms with E-state index in [9.17, 15) is 9.59 Å². The Morgan fingerprint density at radius 2 is 1.56 bits per heavy atom. The molecule has 0 saturated carbocycles. The number of nitrogens with one attached hydrogen (secondary N) is 1. The zero-order valence-corrected chi connectivity index (χ0v) is 18.5. The van der Waals surface area contributed by atoms with Gasteiger partial charge in [-0.05, 0) is 35.9 Å². The summed E-state index contributed by atoms with van der Waals surface area (Å²) in [6.07, 6.45) is 3.46. The highest BCUT2D eigenvalue weighted by Gasteiger charge is 2.23. The van der Waals surface area contributed by atoms with Gasteiger partial charge in [0.15, 0.2) is 0 Å². The summed E-state index contributed by atoms with van der Waals surface area (Å²) in [6.45, 7) is 2.72. The molecule has 1 saturated heterocycles. The van der Waals surface area contributed by atoms with Crippen LogP contribution < -0.4 is 10.2 Å². The molecule has 4 rings (SSSR count). The van der Waals surface area contributed by atoms with Crippen LogP contribution in [0.15, 0.2) is 73.1 Å². The number of carbonyl (C=O) groups excluding carboxylic acids is 2. The summed E-state index contributed by atoms with van der Waals surface area (Å²) in [5.41, 5.74) is 2.58. The van der Waals surface area contributed by atoms with E-state index in [-0.39, 0.29) is 11.8 Å². The minimum absolute atomic E-state index is 0.0203. The summed E-state index contributed by atoms with van der Waals surface area (Å²) in [6, 6.07) is 18.9. The third-order valence-corrected chi connectivity index (χ3v) is 6.17. The van der Waals surface area contributed by atoms with Gasteiger partial charge in [-0.25, -0.2) is 9.97 Å². The molecule has 0 radical (unpaired) electrons. The van der Waals surface area contributed by atoms with E-state index in [1.165, 1.54) is 0 Å². The second-order valence-corrected chi connectivity index (χ2v) is 8.42. The van der Waals surface area contributed by atoms with Crippen molar-refractivity contribution in [3.63, 3.8) is 0 Å². The summed E-state index contributed by atoms with van der Waals surface area (Å²) in [5.74, 6) is 1.82. The zero-order chi connectivity index (χ0) is 22.2. The van der Waals surface area contributed by atoms with E-state index < -0.39 is 0 Å². The second-order valence-electron chi connectivity index (χ2n) is 7.43. The van der Waals surface area contributed by atoms with Crippen LogP contribution in [0.3, 0.4) is 0 Å². The van der Waals surface area contributed by atoms with Crippen molar-refractivity contribution in [2.45, 2.75) is 5.75 Å². The first-order valence-electron chi connectivity index (χ1n) is 10.5. The first-order chi connectivity index (χ1) is 15.7. The van der Waals surface area contributed by atoms with Crippen molar-refractivity contribution in [3.05, 3.63) is 84.2 Å². The molecule has 164 valence electrons. The van der Waals surface area contributed by atoms with Crippen LogP contribution in [0, 0.1) is 0 Å². The van der Waals surface area contributed by atoms with E-state index in [0.717, 1.165) is 24.3 Å². The lowest BCUT2D eigenvalue weighted by Gasteiger charge is -2.34. The second kappa shape index (κ2) is 10.8. The van der Waals surface area contributed by atoms with E-state index in [1.807, 2.05) is 59.5 Å². The van der Waals surface area contributed by atoms with Crippen molar-refractivity contribution in [1.29, 1.82) is 0 Å². The molecular formula is C24H25N5O2S. The first-order valence-corrected chi connectivity index (χ1v) is 11.7. The normalized spacial score (nSPS) is 13.6. The predicted molar refractivity (Wildman–Crippen MR) is 128 cm³/mol. The molecular weight excluding hydrogens is 422 g/mol. The number of amides is 2. The van der Waals surface area contributed by atoms with Gasteiger partial charge in [0.25, 0.3) is 5.91 Å². The van der Waals surface area contributed by atoms with Crippen LogP contribution in [0.5, 0.6) is 0 Å². The van der Waals surface area contributed by atoms with Gasteiger partial charge in [0.05, 0.1) is 5.75 Å².